The molecule has 0 saturated heterocycles. The Morgan fingerprint density at radius 2 is 2.06 bits per heavy atom. The molecule has 80 valence electrons. The standard InChI is InChI=1S/C13H10O2S/c1-2-6-13-11(5-1)12(9-16-13)15-8-10-4-3-7-14-10/h1-7,9H,8H2. The summed E-state index contributed by atoms with van der Waals surface area (Å²) in [4.78, 5) is 0. The second kappa shape index (κ2) is 4.02. The Bertz CT molecular complexity index is 581. The third-order valence-corrected chi connectivity index (χ3v) is 3.34. The molecule has 0 bridgehead atoms. The van der Waals surface area contributed by atoms with Crippen LogP contribution in [0.4, 0.5) is 0 Å². The molecular formula is C13H10O2S. The van der Waals surface area contributed by atoms with Gasteiger partial charge in [-0.2, -0.15) is 0 Å². The maximum absolute atomic E-state index is 5.72. The highest BCUT2D eigenvalue weighted by Gasteiger charge is 2.04. The van der Waals surface area contributed by atoms with Gasteiger partial charge in [0.05, 0.1) is 6.26 Å². The topological polar surface area (TPSA) is 22.4 Å². The second-order valence-corrected chi connectivity index (χ2v) is 4.38. The van der Waals surface area contributed by atoms with Crippen LogP contribution in [-0.4, -0.2) is 0 Å². The summed E-state index contributed by atoms with van der Waals surface area (Å²) in [5.74, 6) is 1.77. The van der Waals surface area contributed by atoms with Crippen LogP contribution >= 0.6 is 11.3 Å². The highest BCUT2D eigenvalue weighted by molar-refractivity contribution is 7.17. The summed E-state index contributed by atoms with van der Waals surface area (Å²) >= 11 is 1.70. The van der Waals surface area contributed by atoms with E-state index in [9.17, 15) is 0 Å². The summed E-state index contributed by atoms with van der Waals surface area (Å²) in [6.45, 7) is 0.480. The molecule has 0 unspecified atom stereocenters. The zero-order chi connectivity index (χ0) is 10.8. The Kier molecular flexibility index (Phi) is 2.38. The van der Waals surface area contributed by atoms with E-state index < -0.39 is 0 Å². The van der Waals surface area contributed by atoms with Gasteiger partial charge < -0.3 is 9.15 Å². The van der Waals surface area contributed by atoms with Crippen molar-refractivity contribution in [2.24, 2.45) is 0 Å². The number of thiophene rings is 1. The van der Waals surface area contributed by atoms with E-state index in [1.807, 2.05) is 29.6 Å². The number of furan rings is 1. The number of benzene rings is 1. The van der Waals surface area contributed by atoms with E-state index in [4.69, 9.17) is 9.15 Å². The van der Waals surface area contributed by atoms with E-state index in [-0.39, 0.29) is 0 Å². The first kappa shape index (κ1) is 9.48. The fraction of sp³-hybridized carbons (Fsp3) is 0.0769. The van der Waals surface area contributed by atoms with Crippen molar-refractivity contribution < 1.29 is 9.15 Å². The van der Waals surface area contributed by atoms with Crippen LogP contribution in [0.2, 0.25) is 0 Å². The summed E-state index contributed by atoms with van der Waals surface area (Å²) in [5.41, 5.74) is 0. The summed E-state index contributed by atoms with van der Waals surface area (Å²) in [7, 11) is 0. The predicted molar refractivity (Wildman–Crippen MR) is 64.9 cm³/mol. The van der Waals surface area contributed by atoms with Gasteiger partial charge >= 0.3 is 0 Å². The zero-order valence-electron chi connectivity index (χ0n) is 8.55. The minimum absolute atomic E-state index is 0.480. The third kappa shape index (κ3) is 1.70. The normalized spacial score (nSPS) is 10.8. The first-order valence-electron chi connectivity index (χ1n) is 5.05. The molecule has 0 radical (unpaired) electrons. The third-order valence-electron chi connectivity index (χ3n) is 2.40. The van der Waals surface area contributed by atoms with E-state index in [1.54, 1.807) is 17.6 Å². The molecule has 0 saturated carbocycles. The monoisotopic (exact) mass is 230 g/mol. The Hall–Kier alpha value is -1.74. The Morgan fingerprint density at radius 3 is 2.94 bits per heavy atom. The first-order chi connectivity index (χ1) is 7.93. The molecule has 3 rings (SSSR count). The number of fused-ring (bicyclic) bond motifs is 1. The molecular weight excluding hydrogens is 220 g/mol. The lowest BCUT2D eigenvalue weighted by molar-refractivity contribution is 0.274. The zero-order valence-corrected chi connectivity index (χ0v) is 9.37. The molecule has 0 spiro atoms. The van der Waals surface area contributed by atoms with Gasteiger partial charge in [-0.1, -0.05) is 12.1 Å². The van der Waals surface area contributed by atoms with Crippen LogP contribution < -0.4 is 4.74 Å². The molecule has 0 amide bonds. The van der Waals surface area contributed by atoms with Crippen molar-refractivity contribution in [3.8, 4) is 5.75 Å². The Labute approximate surface area is 97.1 Å². The van der Waals surface area contributed by atoms with Crippen molar-refractivity contribution >= 4 is 21.4 Å². The molecule has 0 aliphatic rings. The summed E-state index contributed by atoms with van der Waals surface area (Å²) < 4.78 is 12.2. The molecule has 16 heavy (non-hydrogen) atoms. The lowest BCUT2D eigenvalue weighted by Crippen LogP contribution is -1.92. The van der Waals surface area contributed by atoms with Crippen LogP contribution in [0.5, 0.6) is 5.75 Å². The Balaban J connectivity index is 1.84. The van der Waals surface area contributed by atoms with Crippen LogP contribution in [0.25, 0.3) is 10.1 Å². The van der Waals surface area contributed by atoms with Gasteiger partial charge in [-0.25, -0.2) is 0 Å². The van der Waals surface area contributed by atoms with Gasteiger partial charge in [0.1, 0.15) is 18.1 Å². The fourth-order valence-electron chi connectivity index (χ4n) is 1.61. The smallest absolute Gasteiger partial charge is 0.146 e. The molecule has 2 nitrogen and oxygen atoms in total. The molecule has 0 atom stereocenters. The first-order valence-corrected chi connectivity index (χ1v) is 5.93. The highest BCUT2D eigenvalue weighted by Crippen LogP contribution is 2.32. The molecule has 0 aliphatic carbocycles. The summed E-state index contributed by atoms with van der Waals surface area (Å²) in [5, 5.41) is 3.20. The molecule has 0 fully saturated rings. The van der Waals surface area contributed by atoms with Gasteiger partial charge in [-0.3, -0.25) is 0 Å². The molecule has 1 aromatic carbocycles. The maximum Gasteiger partial charge on any atom is 0.146 e. The van der Waals surface area contributed by atoms with Crippen LogP contribution in [0, 0.1) is 0 Å². The van der Waals surface area contributed by atoms with Gasteiger partial charge in [0.15, 0.2) is 0 Å². The quantitative estimate of drug-likeness (QED) is 0.676. The van der Waals surface area contributed by atoms with Crippen molar-refractivity contribution in [1.82, 2.24) is 0 Å². The predicted octanol–water partition coefficient (Wildman–Crippen LogP) is 4.07. The van der Waals surface area contributed by atoms with Crippen molar-refractivity contribution in [2.45, 2.75) is 6.61 Å². The van der Waals surface area contributed by atoms with Gasteiger partial charge in [-0.15, -0.1) is 11.3 Å². The Morgan fingerprint density at radius 1 is 1.12 bits per heavy atom. The number of hydrogen-bond acceptors (Lipinski definition) is 3. The summed E-state index contributed by atoms with van der Waals surface area (Å²) in [6, 6.07) is 12.0. The minimum atomic E-state index is 0.480. The van der Waals surface area contributed by atoms with Crippen molar-refractivity contribution in [3.05, 3.63) is 53.8 Å². The van der Waals surface area contributed by atoms with Gasteiger partial charge in [0, 0.05) is 15.5 Å². The molecule has 0 N–H and O–H groups in total. The summed E-state index contributed by atoms with van der Waals surface area (Å²) in [6.07, 6.45) is 1.66. The van der Waals surface area contributed by atoms with E-state index in [2.05, 4.69) is 12.1 Å². The van der Waals surface area contributed by atoms with Crippen LogP contribution in [0.15, 0.2) is 52.5 Å². The number of ether oxygens (including phenoxy) is 1. The number of hydrogen-bond donors (Lipinski definition) is 0. The molecule has 3 aromatic rings. The van der Waals surface area contributed by atoms with Crippen molar-refractivity contribution in [2.75, 3.05) is 0 Å². The lowest BCUT2D eigenvalue weighted by Gasteiger charge is -2.01. The molecule has 0 aliphatic heterocycles. The van der Waals surface area contributed by atoms with Crippen LogP contribution in [-0.2, 0) is 6.61 Å². The van der Waals surface area contributed by atoms with Gasteiger partial charge in [0.25, 0.3) is 0 Å². The van der Waals surface area contributed by atoms with Crippen molar-refractivity contribution in [1.29, 1.82) is 0 Å². The molecule has 2 heterocycles. The van der Waals surface area contributed by atoms with E-state index in [1.165, 1.54) is 10.1 Å². The average Bonchev–Trinajstić information content (AvgIpc) is 2.96. The van der Waals surface area contributed by atoms with E-state index in [0.29, 0.717) is 6.61 Å². The second-order valence-electron chi connectivity index (χ2n) is 3.46. The molecule has 3 heteroatoms. The largest absolute Gasteiger partial charge is 0.484 e. The van der Waals surface area contributed by atoms with Crippen molar-refractivity contribution in [3.63, 3.8) is 0 Å². The van der Waals surface area contributed by atoms with Crippen LogP contribution in [0.3, 0.4) is 0 Å². The SMILES string of the molecule is c1coc(COc2csc3ccccc23)c1. The van der Waals surface area contributed by atoms with E-state index in [0.717, 1.165) is 11.5 Å². The molecule has 2 aromatic heterocycles. The maximum atomic E-state index is 5.72. The highest BCUT2D eigenvalue weighted by atomic mass is 32.1. The fourth-order valence-corrected chi connectivity index (χ4v) is 2.49. The lowest BCUT2D eigenvalue weighted by atomic mass is 10.2. The number of rotatable bonds is 3. The van der Waals surface area contributed by atoms with Gasteiger partial charge in [0.2, 0.25) is 0 Å². The van der Waals surface area contributed by atoms with Gasteiger partial charge in [-0.05, 0) is 24.3 Å². The van der Waals surface area contributed by atoms with Crippen LogP contribution in [0.1, 0.15) is 5.76 Å². The van der Waals surface area contributed by atoms with E-state index >= 15 is 0 Å². The average molecular weight is 230 g/mol. The minimum Gasteiger partial charge on any atom is -0.484 e.